The highest BCUT2D eigenvalue weighted by molar-refractivity contribution is 7.80. The third-order valence-corrected chi connectivity index (χ3v) is 4.47. The van der Waals surface area contributed by atoms with Gasteiger partial charge < -0.3 is 15.4 Å². The summed E-state index contributed by atoms with van der Waals surface area (Å²) in [5.74, 6) is 0.820. The number of hydrogen-bond acceptors (Lipinski definition) is 2. The van der Waals surface area contributed by atoms with E-state index in [1.54, 1.807) is 0 Å². The van der Waals surface area contributed by atoms with E-state index in [1.165, 1.54) is 11.1 Å². The van der Waals surface area contributed by atoms with Gasteiger partial charge in [0.1, 0.15) is 5.75 Å². The molecule has 0 aromatic heterocycles. The Morgan fingerprint density at radius 2 is 1.57 bits per heavy atom. The van der Waals surface area contributed by atoms with E-state index in [9.17, 15) is 0 Å². The van der Waals surface area contributed by atoms with Crippen LogP contribution in [0.15, 0.2) is 78.9 Å². The topological polar surface area (TPSA) is 33.3 Å². The molecule has 3 aromatic carbocycles. The zero-order chi connectivity index (χ0) is 19.9. The predicted molar refractivity (Wildman–Crippen MR) is 121 cm³/mol. The second-order valence-electron chi connectivity index (χ2n) is 7.05. The molecule has 28 heavy (non-hydrogen) atoms. The maximum absolute atomic E-state index is 5.77. The largest absolute Gasteiger partial charge is 0.491 e. The fourth-order valence-corrected chi connectivity index (χ4v) is 3.31. The van der Waals surface area contributed by atoms with Crippen molar-refractivity contribution in [1.82, 2.24) is 5.32 Å². The van der Waals surface area contributed by atoms with Crippen molar-refractivity contribution < 1.29 is 4.74 Å². The van der Waals surface area contributed by atoms with E-state index in [0.717, 1.165) is 17.0 Å². The molecule has 144 valence electrons. The van der Waals surface area contributed by atoms with Crippen LogP contribution in [0.25, 0.3) is 0 Å². The molecule has 0 spiro atoms. The number of aryl methyl sites for hydroxylation is 1. The van der Waals surface area contributed by atoms with E-state index < -0.39 is 0 Å². The highest BCUT2D eigenvalue weighted by Gasteiger charge is 2.15. The van der Waals surface area contributed by atoms with Gasteiger partial charge in [-0.3, -0.25) is 0 Å². The second-order valence-corrected chi connectivity index (χ2v) is 7.46. The number of ether oxygens (including phenoxy) is 1. The molecule has 0 saturated heterocycles. The first-order valence-electron chi connectivity index (χ1n) is 9.47. The van der Waals surface area contributed by atoms with Gasteiger partial charge >= 0.3 is 0 Å². The average molecular weight is 391 g/mol. The lowest BCUT2D eigenvalue weighted by atomic mass is 9.97. The van der Waals surface area contributed by atoms with Gasteiger partial charge in [0, 0.05) is 11.8 Å². The summed E-state index contributed by atoms with van der Waals surface area (Å²) in [6, 6.07) is 26.6. The summed E-state index contributed by atoms with van der Waals surface area (Å²) in [5, 5.41) is 7.31. The lowest BCUT2D eigenvalue weighted by Crippen LogP contribution is -2.33. The van der Waals surface area contributed by atoms with Gasteiger partial charge in [0.05, 0.1) is 12.1 Å². The molecular weight excluding hydrogens is 364 g/mol. The fraction of sp³-hybridized carbons (Fsp3) is 0.208. The molecule has 0 amide bonds. The Kier molecular flexibility index (Phi) is 6.66. The normalized spacial score (nSPS) is 11.7. The summed E-state index contributed by atoms with van der Waals surface area (Å²) < 4.78 is 5.77. The summed E-state index contributed by atoms with van der Waals surface area (Å²) in [6.45, 7) is 6.12. The number of thiocarbonyl (C=S) groups is 1. The third kappa shape index (κ3) is 5.57. The van der Waals surface area contributed by atoms with E-state index >= 15 is 0 Å². The molecule has 0 fully saturated rings. The van der Waals surface area contributed by atoms with Crippen LogP contribution < -0.4 is 15.4 Å². The van der Waals surface area contributed by atoms with Gasteiger partial charge in [-0.1, -0.05) is 66.2 Å². The van der Waals surface area contributed by atoms with Crippen LogP contribution in [-0.2, 0) is 0 Å². The van der Waals surface area contributed by atoms with Crippen molar-refractivity contribution in [3.63, 3.8) is 0 Å². The zero-order valence-corrected chi connectivity index (χ0v) is 17.3. The van der Waals surface area contributed by atoms with Crippen LogP contribution >= 0.6 is 12.2 Å². The smallest absolute Gasteiger partial charge is 0.171 e. The highest BCUT2D eigenvalue weighted by atomic mass is 32.1. The maximum atomic E-state index is 5.77. The van der Waals surface area contributed by atoms with Gasteiger partial charge in [-0.25, -0.2) is 0 Å². The predicted octanol–water partition coefficient (Wildman–Crippen LogP) is 5.86. The van der Waals surface area contributed by atoms with Crippen LogP contribution in [0.2, 0.25) is 0 Å². The Balaban J connectivity index is 1.78. The number of nitrogens with one attached hydrogen (secondary N) is 2. The van der Waals surface area contributed by atoms with Crippen molar-refractivity contribution in [2.45, 2.75) is 32.9 Å². The first-order chi connectivity index (χ1) is 13.5. The van der Waals surface area contributed by atoms with Gasteiger partial charge in [-0.2, -0.15) is 0 Å². The standard InChI is InChI=1S/C24H26N2OS/c1-17(2)27-22-14-8-13-21(16-22)25-24(28)26-23(19-10-5-4-6-11-19)20-12-7-9-18(3)15-20/h4-17,23H,1-3H3,(H2,25,26,28)/t23-/m1/s1. The van der Waals surface area contributed by atoms with Crippen LogP contribution in [0, 0.1) is 6.92 Å². The summed E-state index contributed by atoms with van der Waals surface area (Å²) in [7, 11) is 0. The summed E-state index contributed by atoms with van der Waals surface area (Å²) in [4.78, 5) is 0. The van der Waals surface area contributed by atoms with E-state index in [-0.39, 0.29) is 12.1 Å². The first kappa shape index (κ1) is 19.9. The Hall–Kier alpha value is -2.85. The zero-order valence-electron chi connectivity index (χ0n) is 16.5. The SMILES string of the molecule is Cc1cccc([C@H](NC(=S)Nc2cccc(OC(C)C)c2)c2ccccc2)c1. The molecule has 4 heteroatoms. The van der Waals surface area contributed by atoms with Crippen molar-refractivity contribution in [3.8, 4) is 5.75 Å². The Labute approximate surface area is 172 Å². The summed E-state index contributed by atoms with van der Waals surface area (Å²) in [6.07, 6.45) is 0.129. The number of anilines is 1. The number of benzene rings is 3. The molecule has 0 radical (unpaired) electrons. The van der Waals surface area contributed by atoms with E-state index in [1.807, 2.05) is 56.3 Å². The molecule has 1 atom stereocenters. The fourth-order valence-electron chi connectivity index (χ4n) is 3.07. The van der Waals surface area contributed by atoms with Gasteiger partial charge in [0.15, 0.2) is 5.11 Å². The Morgan fingerprint density at radius 3 is 2.29 bits per heavy atom. The highest BCUT2D eigenvalue weighted by Crippen LogP contribution is 2.24. The lowest BCUT2D eigenvalue weighted by Gasteiger charge is -2.22. The van der Waals surface area contributed by atoms with Gasteiger partial charge in [-0.05, 0) is 56.2 Å². The van der Waals surface area contributed by atoms with Crippen molar-refractivity contribution in [3.05, 3.63) is 95.6 Å². The van der Waals surface area contributed by atoms with Crippen LogP contribution in [0.3, 0.4) is 0 Å². The summed E-state index contributed by atoms with van der Waals surface area (Å²) in [5.41, 5.74) is 4.45. The van der Waals surface area contributed by atoms with E-state index in [2.05, 4.69) is 54.0 Å². The number of hydrogen-bond donors (Lipinski definition) is 2. The minimum atomic E-state index is -0.0313. The third-order valence-electron chi connectivity index (χ3n) is 4.25. The second kappa shape index (κ2) is 9.38. The Bertz CT molecular complexity index is 925. The van der Waals surface area contributed by atoms with E-state index in [4.69, 9.17) is 17.0 Å². The van der Waals surface area contributed by atoms with Gasteiger partial charge in [-0.15, -0.1) is 0 Å². The van der Waals surface area contributed by atoms with Crippen LogP contribution in [0.1, 0.15) is 36.6 Å². The quantitative estimate of drug-likeness (QED) is 0.517. The van der Waals surface area contributed by atoms with Crippen molar-refractivity contribution in [2.75, 3.05) is 5.32 Å². The van der Waals surface area contributed by atoms with Crippen molar-refractivity contribution in [2.24, 2.45) is 0 Å². The molecule has 0 aliphatic carbocycles. The molecule has 3 nitrogen and oxygen atoms in total. The molecule has 0 heterocycles. The van der Waals surface area contributed by atoms with Crippen molar-refractivity contribution in [1.29, 1.82) is 0 Å². The molecule has 2 N–H and O–H groups in total. The molecule has 0 saturated carbocycles. The van der Waals surface area contributed by atoms with Crippen LogP contribution in [0.4, 0.5) is 5.69 Å². The minimum absolute atomic E-state index is 0.0313. The molecular formula is C24H26N2OS. The van der Waals surface area contributed by atoms with Crippen LogP contribution in [0.5, 0.6) is 5.75 Å². The molecule has 3 aromatic rings. The van der Waals surface area contributed by atoms with Gasteiger partial charge in [0.2, 0.25) is 0 Å². The lowest BCUT2D eigenvalue weighted by molar-refractivity contribution is 0.242. The monoisotopic (exact) mass is 390 g/mol. The number of rotatable bonds is 6. The van der Waals surface area contributed by atoms with E-state index in [0.29, 0.717) is 5.11 Å². The Morgan fingerprint density at radius 1 is 0.857 bits per heavy atom. The average Bonchev–Trinajstić information content (AvgIpc) is 2.66. The molecule has 0 unspecified atom stereocenters. The molecule has 0 bridgehead atoms. The molecule has 0 aliphatic heterocycles. The first-order valence-corrected chi connectivity index (χ1v) is 9.88. The summed E-state index contributed by atoms with van der Waals surface area (Å²) >= 11 is 5.61. The van der Waals surface area contributed by atoms with Crippen molar-refractivity contribution >= 4 is 23.0 Å². The maximum Gasteiger partial charge on any atom is 0.171 e. The van der Waals surface area contributed by atoms with Crippen LogP contribution in [-0.4, -0.2) is 11.2 Å². The molecule has 3 rings (SSSR count). The molecule has 0 aliphatic rings. The van der Waals surface area contributed by atoms with Gasteiger partial charge in [0.25, 0.3) is 0 Å². The minimum Gasteiger partial charge on any atom is -0.491 e.